The highest BCUT2D eigenvalue weighted by Crippen LogP contribution is 2.32. The molecule has 0 bridgehead atoms. The second kappa shape index (κ2) is 12.1. The van der Waals surface area contributed by atoms with E-state index < -0.39 is 29.1 Å². The van der Waals surface area contributed by atoms with E-state index in [1.807, 2.05) is 0 Å². The van der Waals surface area contributed by atoms with Gasteiger partial charge in [-0.05, 0) is 18.2 Å². The molecule has 1 heterocycles. The number of ketones is 4. The van der Waals surface area contributed by atoms with Gasteiger partial charge in [-0.3, -0.25) is 19.2 Å². The normalized spacial score (nSPS) is 10.8. The van der Waals surface area contributed by atoms with Crippen LogP contribution in [-0.4, -0.2) is 44.2 Å². The Morgan fingerprint density at radius 1 is 0.400 bits per heavy atom. The summed E-state index contributed by atoms with van der Waals surface area (Å²) in [6.45, 7) is 0. The maximum atomic E-state index is 12.9. The molecule has 0 aliphatic heterocycles. The third-order valence-corrected chi connectivity index (χ3v) is 7.24. The Bertz CT molecular complexity index is 2120. The topological polar surface area (TPSA) is 131 Å². The molecule has 5 aromatic carbocycles. The molecule has 0 spiro atoms. The van der Waals surface area contributed by atoms with E-state index in [-0.39, 0.29) is 22.3 Å². The molecule has 0 fully saturated rings. The van der Waals surface area contributed by atoms with Gasteiger partial charge in [0, 0.05) is 33.4 Å². The average Bonchev–Trinajstić information content (AvgIpc) is 3.10. The minimum Gasteiger partial charge on any atom is -0.478 e. The number of carboxylic acids is 1. The lowest BCUT2D eigenvalue weighted by Gasteiger charge is -2.12. The molecule has 1 aromatic heterocycles. The maximum Gasteiger partial charge on any atom is 0.335 e. The first-order chi connectivity index (χ1) is 21.8. The Morgan fingerprint density at radius 2 is 0.756 bits per heavy atom. The van der Waals surface area contributed by atoms with E-state index in [4.69, 9.17) is 9.97 Å². The van der Waals surface area contributed by atoms with Gasteiger partial charge in [0.05, 0.1) is 28.0 Å². The smallest absolute Gasteiger partial charge is 0.335 e. The van der Waals surface area contributed by atoms with Crippen molar-refractivity contribution in [2.45, 2.75) is 0 Å². The summed E-state index contributed by atoms with van der Waals surface area (Å²) in [5.74, 6) is -3.67. The van der Waals surface area contributed by atoms with Crippen LogP contribution in [0, 0.1) is 0 Å². The van der Waals surface area contributed by atoms with E-state index in [0.717, 1.165) is 0 Å². The summed E-state index contributed by atoms with van der Waals surface area (Å²) < 4.78 is 0. The minimum absolute atomic E-state index is 0.0433. The van der Waals surface area contributed by atoms with Crippen molar-refractivity contribution < 1.29 is 29.1 Å². The Labute approximate surface area is 256 Å². The summed E-state index contributed by atoms with van der Waals surface area (Å²) in [5.41, 5.74) is 3.78. The standard InChI is InChI=1S/C37H22N2O6/c40-33(24-7-3-1-4-8-24)35(42)26-15-11-22(12-16-26)31-32(39-30-21-28(37(44)45)19-20-29(30)38-31)23-13-17-27(18-14-23)36(43)34(41)25-9-5-2-6-10-25/h1-21H,(H,44,45). The van der Waals surface area contributed by atoms with Crippen molar-refractivity contribution in [1.82, 2.24) is 9.97 Å². The summed E-state index contributed by atoms with van der Waals surface area (Å²) in [6.07, 6.45) is 0. The number of nitrogens with zero attached hydrogens (tertiary/aromatic N) is 2. The third-order valence-electron chi connectivity index (χ3n) is 7.24. The number of Topliss-reactive ketones (excluding diaryl/α,β-unsaturated/α-hetero) is 4. The zero-order chi connectivity index (χ0) is 31.5. The first kappa shape index (κ1) is 28.7. The van der Waals surface area contributed by atoms with E-state index in [1.54, 1.807) is 103 Å². The zero-order valence-corrected chi connectivity index (χ0v) is 23.5. The first-order valence-electron chi connectivity index (χ1n) is 13.8. The van der Waals surface area contributed by atoms with Crippen LogP contribution >= 0.6 is 0 Å². The van der Waals surface area contributed by atoms with Gasteiger partial charge in [0.1, 0.15) is 0 Å². The Balaban J connectivity index is 1.38. The minimum atomic E-state index is -1.11. The van der Waals surface area contributed by atoms with E-state index in [9.17, 15) is 29.1 Å². The monoisotopic (exact) mass is 590 g/mol. The molecule has 6 rings (SSSR count). The molecule has 6 aromatic rings. The number of aromatic carboxylic acids is 1. The molecule has 8 nitrogen and oxygen atoms in total. The third kappa shape index (κ3) is 5.80. The predicted molar refractivity (Wildman–Crippen MR) is 168 cm³/mol. The fourth-order valence-electron chi connectivity index (χ4n) is 4.85. The zero-order valence-electron chi connectivity index (χ0n) is 23.5. The summed E-state index contributed by atoms with van der Waals surface area (Å²) >= 11 is 0. The van der Waals surface area contributed by atoms with Crippen LogP contribution in [0.5, 0.6) is 0 Å². The number of carbonyl (C=O) groups excluding carboxylic acids is 4. The van der Waals surface area contributed by atoms with E-state index in [1.165, 1.54) is 24.3 Å². The van der Waals surface area contributed by atoms with Gasteiger partial charge in [-0.1, -0.05) is 109 Å². The van der Waals surface area contributed by atoms with Crippen LogP contribution in [-0.2, 0) is 0 Å². The molecule has 0 radical (unpaired) electrons. The second-order valence-electron chi connectivity index (χ2n) is 10.1. The number of rotatable bonds is 9. The molecule has 8 heteroatoms. The predicted octanol–water partition coefficient (Wildman–Crippen LogP) is 6.79. The SMILES string of the molecule is O=C(O)c1ccc2nc(-c3ccc(C(=O)C(=O)c4ccccc4)cc3)c(-c3ccc(C(=O)C(=O)c4ccccc4)cc3)nc2c1. The number of carbonyl (C=O) groups is 5. The summed E-state index contributed by atoms with van der Waals surface area (Å²) in [7, 11) is 0. The number of benzene rings is 5. The van der Waals surface area contributed by atoms with Crippen molar-refractivity contribution >= 4 is 40.1 Å². The van der Waals surface area contributed by atoms with E-state index in [2.05, 4.69) is 0 Å². The summed E-state index contributed by atoms with van der Waals surface area (Å²) in [6, 6.07) is 33.7. The van der Waals surface area contributed by atoms with Crippen LogP contribution in [0.4, 0.5) is 0 Å². The summed E-state index contributed by atoms with van der Waals surface area (Å²) in [5, 5.41) is 9.50. The van der Waals surface area contributed by atoms with Crippen LogP contribution in [0.25, 0.3) is 33.5 Å². The van der Waals surface area contributed by atoms with E-state index >= 15 is 0 Å². The molecule has 216 valence electrons. The number of aromatic nitrogens is 2. The molecule has 1 N–H and O–H groups in total. The number of hydrogen-bond donors (Lipinski definition) is 1. The van der Waals surface area contributed by atoms with Crippen LogP contribution < -0.4 is 0 Å². The molecule has 0 saturated carbocycles. The van der Waals surface area contributed by atoms with Crippen LogP contribution in [0.15, 0.2) is 127 Å². The number of fused-ring (bicyclic) bond motifs is 1. The van der Waals surface area contributed by atoms with Crippen LogP contribution in [0.2, 0.25) is 0 Å². The van der Waals surface area contributed by atoms with Crippen molar-refractivity contribution in [2.24, 2.45) is 0 Å². The highest BCUT2D eigenvalue weighted by Gasteiger charge is 2.21. The maximum absolute atomic E-state index is 12.9. The van der Waals surface area contributed by atoms with E-state index in [0.29, 0.717) is 39.1 Å². The highest BCUT2D eigenvalue weighted by atomic mass is 16.4. The van der Waals surface area contributed by atoms with Gasteiger partial charge < -0.3 is 5.11 Å². The second-order valence-corrected chi connectivity index (χ2v) is 10.1. The molecule has 45 heavy (non-hydrogen) atoms. The van der Waals surface area contributed by atoms with Crippen molar-refractivity contribution in [3.63, 3.8) is 0 Å². The van der Waals surface area contributed by atoms with Crippen molar-refractivity contribution in [3.05, 3.63) is 155 Å². The fourth-order valence-corrected chi connectivity index (χ4v) is 4.85. The molecule has 0 unspecified atom stereocenters. The Morgan fingerprint density at radius 3 is 1.16 bits per heavy atom. The van der Waals surface area contributed by atoms with Gasteiger partial charge in [0.15, 0.2) is 0 Å². The number of carboxylic acid groups (broad SMARTS) is 1. The fraction of sp³-hybridized carbons (Fsp3) is 0. The lowest BCUT2D eigenvalue weighted by molar-refractivity contribution is 0.0696. The quantitative estimate of drug-likeness (QED) is 0.144. The van der Waals surface area contributed by atoms with Gasteiger partial charge in [-0.15, -0.1) is 0 Å². The first-order valence-corrected chi connectivity index (χ1v) is 13.8. The van der Waals surface area contributed by atoms with Crippen LogP contribution in [0.3, 0.4) is 0 Å². The van der Waals surface area contributed by atoms with Crippen molar-refractivity contribution in [2.75, 3.05) is 0 Å². The molecule has 0 saturated heterocycles. The molecule has 0 aliphatic carbocycles. The molecule has 0 aliphatic rings. The molecular formula is C37H22N2O6. The van der Waals surface area contributed by atoms with Crippen molar-refractivity contribution in [1.29, 1.82) is 0 Å². The van der Waals surface area contributed by atoms with Crippen molar-refractivity contribution in [3.8, 4) is 22.5 Å². The largest absolute Gasteiger partial charge is 0.478 e. The Kier molecular flexibility index (Phi) is 7.69. The van der Waals surface area contributed by atoms with Gasteiger partial charge in [-0.25, -0.2) is 14.8 Å². The lowest BCUT2D eigenvalue weighted by atomic mass is 9.97. The van der Waals surface area contributed by atoms with Gasteiger partial charge in [0.2, 0.25) is 23.1 Å². The molecular weight excluding hydrogens is 568 g/mol. The summed E-state index contributed by atoms with van der Waals surface area (Å²) in [4.78, 5) is 72.3. The highest BCUT2D eigenvalue weighted by molar-refractivity contribution is 6.49. The molecule has 0 atom stereocenters. The lowest BCUT2D eigenvalue weighted by Crippen LogP contribution is -2.14. The van der Waals surface area contributed by atoms with Gasteiger partial charge in [0.25, 0.3) is 0 Å². The Hall–Kier alpha value is -6.41. The molecule has 0 amide bonds. The number of hydrogen-bond acceptors (Lipinski definition) is 7. The average molecular weight is 591 g/mol. The van der Waals surface area contributed by atoms with Gasteiger partial charge in [-0.2, -0.15) is 0 Å². The van der Waals surface area contributed by atoms with Gasteiger partial charge >= 0.3 is 5.97 Å². The van der Waals surface area contributed by atoms with Crippen LogP contribution in [0.1, 0.15) is 51.8 Å².